The Morgan fingerprint density at radius 3 is 2.26 bits per heavy atom. The van der Waals surface area contributed by atoms with Gasteiger partial charge in [0.05, 0.1) is 14.2 Å². The Labute approximate surface area is 184 Å². The van der Waals surface area contributed by atoms with Crippen LogP contribution in [0.4, 0.5) is 0 Å². The zero-order valence-corrected chi connectivity index (χ0v) is 18.9. The fourth-order valence-corrected chi connectivity index (χ4v) is 3.87. The van der Waals surface area contributed by atoms with Gasteiger partial charge in [0.1, 0.15) is 0 Å². The van der Waals surface area contributed by atoms with Crippen molar-refractivity contribution in [3.05, 3.63) is 58.7 Å². The molecule has 0 spiro atoms. The third-order valence-electron chi connectivity index (χ3n) is 5.97. The number of benzene rings is 2. The standard InChI is InChI=1S/C25H32N2O4/c1-18-6-9-21(16-19(18)2)25(29)27-13-5-12-26(14-15-27)24(28)11-8-20-7-10-22(30-3)23(17-20)31-4/h6-7,9-10,16-17H,5,8,11-15H2,1-4H3. The average molecular weight is 425 g/mol. The molecule has 1 aliphatic rings. The fourth-order valence-electron chi connectivity index (χ4n) is 3.87. The van der Waals surface area contributed by atoms with Gasteiger partial charge in [-0.1, -0.05) is 12.1 Å². The van der Waals surface area contributed by atoms with E-state index in [4.69, 9.17) is 9.47 Å². The van der Waals surface area contributed by atoms with E-state index in [1.54, 1.807) is 14.2 Å². The highest BCUT2D eigenvalue weighted by atomic mass is 16.5. The molecule has 3 rings (SSSR count). The third kappa shape index (κ3) is 5.57. The predicted octanol–water partition coefficient (Wildman–Crippen LogP) is 3.63. The SMILES string of the molecule is COc1ccc(CCC(=O)N2CCCN(C(=O)c3ccc(C)c(C)c3)CC2)cc1OC. The van der Waals surface area contributed by atoms with Crippen LogP contribution in [0.2, 0.25) is 0 Å². The molecule has 6 nitrogen and oxygen atoms in total. The van der Waals surface area contributed by atoms with Crippen molar-refractivity contribution in [3.63, 3.8) is 0 Å². The van der Waals surface area contributed by atoms with Crippen LogP contribution in [0.25, 0.3) is 0 Å². The fraction of sp³-hybridized carbons (Fsp3) is 0.440. The van der Waals surface area contributed by atoms with Crippen LogP contribution in [0.15, 0.2) is 36.4 Å². The second-order valence-corrected chi connectivity index (χ2v) is 8.01. The van der Waals surface area contributed by atoms with Gasteiger partial charge in [0, 0.05) is 38.2 Å². The molecule has 1 heterocycles. The maximum absolute atomic E-state index is 12.9. The highest BCUT2D eigenvalue weighted by Gasteiger charge is 2.23. The number of methoxy groups -OCH3 is 2. The molecule has 0 saturated carbocycles. The van der Waals surface area contributed by atoms with Crippen LogP contribution in [0.1, 0.15) is 39.9 Å². The molecule has 2 aromatic carbocycles. The summed E-state index contributed by atoms with van der Waals surface area (Å²) in [5.74, 6) is 1.51. The average Bonchev–Trinajstić information content (AvgIpc) is 3.05. The molecular weight excluding hydrogens is 392 g/mol. The molecule has 166 valence electrons. The molecule has 1 saturated heterocycles. The summed E-state index contributed by atoms with van der Waals surface area (Å²) in [6.07, 6.45) is 1.86. The van der Waals surface area contributed by atoms with Gasteiger partial charge in [-0.15, -0.1) is 0 Å². The van der Waals surface area contributed by atoms with Crippen LogP contribution in [0.3, 0.4) is 0 Å². The number of hydrogen-bond acceptors (Lipinski definition) is 4. The first-order valence-corrected chi connectivity index (χ1v) is 10.8. The number of hydrogen-bond donors (Lipinski definition) is 0. The summed E-state index contributed by atoms with van der Waals surface area (Å²) >= 11 is 0. The van der Waals surface area contributed by atoms with Gasteiger partial charge in [0.15, 0.2) is 11.5 Å². The summed E-state index contributed by atoms with van der Waals surface area (Å²) in [6, 6.07) is 11.6. The monoisotopic (exact) mass is 424 g/mol. The normalized spacial score (nSPS) is 14.2. The van der Waals surface area contributed by atoms with Crippen molar-refractivity contribution in [1.82, 2.24) is 9.80 Å². The number of ether oxygens (including phenoxy) is 2. The van der Waals surface area contributed by atoms with Crippen molar-refractivity contribution >= 4 is 11.8 Å². The molecule has 1 aliphatic heterocycles. The summed E-state index contributed by atoms with van der Waals surface area (Å²) in [6.45, 7) is 6.55. The molecule has 1 fully saturated rings. The summed E-state index contributed by atoms with van der Waals surface area (Å²) in [5.41, 5.74) is 4.05. The van der Waals surface area contributed by atoms with Crippen molar-refractivity contribution in [3.8, 4) is 11.5 Å². The summed E-state index contributed by atoms with van der Waals surface area (Å²) in [4.78, 5) is 29.5. The van der Waals surface area contributed by atoms with E-state index in [2.05, 4.69) is 0 Å². The zero-order chi connectivity index (χ0) is 22.4. The Kier molecular flexibility index (Phi) is 7.55. The molecule has 0 aromatic heterocycles. The third-order valence-corrected chi connectivity index (χ3v) is 5.97. The molecule has 0 bridgehead atoms. The second kappa shape index (κ2) is 10.3. The molecule has 0 radical (unpaired) electrons. The van der Waals surface area contributed by atoms with Crippen LogP contribution in [-0.4, -0.2) is 62.0 Å². The van der Waals surface area contributed by atoms with E-state index in [0.29, 0.717) is 50.5 Å². The molecule has 6 heteroatoms. The lowest BCUT2D eigenvalue weighted by Gasteiger charge is -2.22. The highest BCUT2D eigenvalue weighted by molar-refractivity contribution is 5.94. The molecule has 0 aliphatic carbocycles. The minimum Gasteiger partial charge on any atom is -0.493 e. The van der Waals surface area contributed by atoms with Crippen molar-refractivity contribution in [2.45, 2.75) is 33.1 Å². The first kappa shape index (κ1) is 22.7. The van der Waals surface area contributed by atoms with Crippen LogP contribution in [0, 0.1) is 13.8 Å². The van der Waals surface area contributed by atoms with Gasteiger partial charge >= 0.3 is 0 Å². The molecule has 0 atom stereocenters. The number of nitrogens with zero attached hydrogens (tertiary/aromatic N) is 2. The van der Waals surface area contributed by atoms with Gasteiger partial charge in [-0.2, -0.15) is 0 Å². The molecular formula is C25H32N2O4. The van der Waals surface area contributed by atoms with Gasteiger partial charge < -0.3 is 19.3 Å². The van der Waals surface area contributed by atoms with Crippen LogP contribution >= 0.6 is 0 Å². The Morgan fingerprint density at radius 2 is 1.55 bits per heavy atom. The van der Waals surface area contributed by atoms with Gasteiger partial charge in [0.2, 0.25) is 5.91 Å². The van der Waals surface area contributed by atoms with Crippen molar-refractivity contribution in [2.75, 3.05) is 40.4 Å². The quantitative estimate of drug-likeness (QED) is 0.711. The second-order valence-electron chi connectivity index (χ2n) is 8.01. The van der Waals surface area contributed by atoms with E-state index >= 15 is 0 Å². The molecule has 31 heavy (non-hydrogen) atoms. The molecule has 0 unspecified atom stereocenters. The van der Waals surface area contributed by atoms with Crippen LogP contribution < -0.4 is 9.47 Å². The first-order chi connectivity index (χ1) is 14.9. The summed E-state index contributed by atoms with van der Waals surface area (Å²) in [5, 5.41) is 0. The maximum atomic E-state index is 12.9. The Hall–Kier alpha value is -3.02. The lowest BCUT2D eigenvalue weighted by molar-refractivity contribution is -0.131. The van der Waals surface area contributed by atoms with E-state index in [0.717, 1.165) is 23.1 Å². The molecule has 0 N–H and O–H groups in total. The first-order valence-electron chi connectivity index (χ1n) is 10.8. The van der Waals surface area contributed by atoms with Gasteiger partial charge in [-0.3, -0.25) is 9.59 Å². The van der Waals surface area contributed by atoms with E-state index in [1.807, 2.05) is 60.0 Å². The lowest BCUT2D eigenvalue weighted by Crippen LogP contribution is -2.37. The van der Waals surface area contributed by atoms with E-state index in [9.17, 15) is 9.59 Å². The largest absolute Gasteiger partial charge is 0.493 e. The van der Waals surface area contributed by atoms with Crippen molar-refractivity contribution < 1.29 is 19.1 Å². The Morgan fingerprint density at radius 1 is 0.839 bits per heavy atom. The minimum absolute atomic E-state index is 0.0442. The summed E-state index contributed by atoms with van der Waals surface area (Å²) < 4.78 is 10.6. The maximum Gasteiger partial charge on any atom is 0.253 e. The van der Waals surface area contributed by atoms with Crippen LogP contribution in [-0.2, 0) is 11.2 Å². The number of aryl methyl sites for hydroxylation is 3. The Balaban J connectivity index is 1.55. The predicted molar refractivity (Wildman–Crippen MR) is 121 cm³/mol. The van der Waals surface area contributed by atoms with Crippen LogP contribution in [0.5, 0.6) is 11.5 Å². The minimum atomic E-state index is 0.0442. The zero-order valence-electron chi connectivity index (χ0n) is 18.9. The number of amides is 2. The summed E-state index contributed by atoms with van der Waals surface area (Å²) in [7, 11) is 3.21. The van der Waals surface area contributed by atoms with Gasteiger partial charge in [-0.05, 0) is 67.6 Å². The molecule has 2 amide bonds. The van der Waals surface area contributed by atoms with E-state index < -0.39 is 0 Å². The number of carbonyl (C=O) groups is 2. The number of rotatable bonds is 6. The molecule has 2 aromatic rings. The number of carbonyl (C=O) groups excluding carboxylic acids is 2. The van der Waals surface area contributed by atoms with Gasteiger partial charge in [0.25, 0.3) is 5.91 Å². The smallest absolute Gasteiger partial charge is 0.253 e. The highest BCUT2D eigenvalue weighted by Crippen LogP contribution is 2.28. The topological polar surface area (TPSA) is 59.1 Å². The van der Waals surface area contributed by atoms with Gasteiger partial charge in [-0.25, -0.2) is 0 Å². The lowest BCUT2D eigenvalue weighted by atomic mass is 10.1. The van der Waals surface area contributed by atoms with E-state index in [-0.39, 0.29) is 11.8 Å². The van der Waals surface area contributed by atoms with Crippen molar-refractivity contribution in [2.24, 2.45) is 0 Å². The van der Waals surface area contributed by atoms with Crippen molar-refractivity contribution in [1.29, 1.82) is 0 Å². The Bertz CT molecular complexity index is 941. The van der Waals surface area contributed by atoms with E-state index in [1.165, 1.54) is 5.56 Å².